The maximum atomic E-state index is 6.35. The molecule has 3 aliphatic rings. The zero-order valence-electron chi connectivity index (χ0n) is 17.1. The van der Waals surface area contributed by atoms with Crippen LogP contribution in [0.25, 0.3) is 0 Å². The molecule has 0 bridgehead atoms. The molecule has 2 aromatic rings. The van der Waals surface area contributed by atoms with Crippen molar-refractivity contribution in [1.82, 2.24) is 15.0 Å². The second kappa shape index (κ2) is 8.07. The second-order valence-corrected chi connectivity index (χ2v) is 9.09. The third-order valence-corrected chi connectivity index (χ3v) is 7.57. The maximum absolute atomic E-state index is 6.35. The van der Waals surface area contributed by atoms with Crippen molar-refractivity contribution < 1.29 is 9.47 Å². The fourth-order valence-corrected chi connectivity index (χ4v) is 5.94. The van der Waals surface area contributed by atoms with Crippen molar-refractivity contribution in [2.75, 3.05) is 49.7 Å². The number of ether oxygens (including phenoxy) is 2. The molecule has 2 fully saturated rings. The van der Waals surface area contributed by atoms with Crippen LogP contribution < -0.4 is 14.5 Å². The zero-order valence-corrected chi connectivity index (χ0v) is 17.9. The molecular formula is C21H29N5O2S. The van der Waals surface area contributed by atoms with E-state index in [1.54, 1.807) is 7.11 Å². The Labute approximate surface area is 176 Å². The molecular weight excluding hydrogens is 386 g/mol. The van der Waals surface area contributed by atoms with Gasteiger partial charge in [-0.15, -0.1) is 11.3 Å². The van der Waals surface area contributed by atoms with E-state index in [9.17, 15) is 0 Å². The minimum Gasteiger partial charge on any atom is -0.467 e. The molecule has 0 atom stereocenters. The van der Waals surface area contributed by atoms with Gasteiger partial charge in [-0.2, -0.15) is 15.0 Å². The smallest absolute Gasteiger partial charge is 0.322 e. The van der Waals surface area contributed by atoms with Crippen LogP contribution in [-0.4, -0.2) is 54.8 Å². The van der Waals surface area contributed by atoms with E-state index >= 15 is 0 Å². The lowest BCUT2D eigenvalue weighted by molar-refractivity contribution is -0.0736. The van der Waals surface area contributed by atoms with Crippen LogP contribution in [0.3, 0.4) is 0 Å². The summed E-state index contributed by atoms with van der Waals surface area (Å²) in [5, 5.41) is 2.21. The van der Waals surface area contributed by atoms with Gasteiger partial charge < -0.3 is 19.3 Å². The maximum Gasteiger partial charge on any atom is 0.322 e. The molecule has 7 nitrogen and oxygen atoms in total. The van der Waals surface area contributed by atoms with E-state index in [1.807, 2.05) is 11.3 Å². The summed E-state index contributed by atoms with van der Waals surface area (Å²) in [4.78, 5) is 20.0. The van der Waals surface area contributed by atoms with Crippen LogP contribution in [0.1, 0.15) is 49.0 Å². The van der Waals surface area contributed by atoms with Gasteiger partial charge in [0.05, 0.1) is 13.7 Å². The van der Waals surface area contributed by atoms with Gasteiger partial charge in [-0.1, -0.05) is 12.8 Å². The normalized spacial score (nSPS) is 21.7. The third-order valence-electron chi connectivity index (χ3n) is 6.43. The number of nitrogens with zero attached hydrogens (tertiary/aromatic N) is 5. The number of hydrogen-bond acceptors (Lipinski definition) is 8. The van der Waals surface area contributed by atoms with Crippen molar-refractivity contribution in [1.29, 1.82) is 0 Å². The predicted octanol–water partition coefficient (Wildman–Crippen LogP) is 3.39. The van der Waals surface area contributed by atoms with Crippen LogP contribution in [0.2, 0.25) is 0 Å². The molecule has 8 heteroatoms. The summed E-state index contributed by atoms with van der Waals surface area (Å²) in [5.74, 6) is 1.48. The Morgan fingerprint density at radius 1 is 0.966 bits per heavy atom. The third kappa shape index (κ3) is 3.68. The van der Waals surface area contributed by atoms with Gasteiger partial charge in [0.15, 0.2) is 0 Å². The highest BCUT2D eigenvalue weighted by Gasteiger charge is 2.42. The van der Waals surface area contributed by atoms with Gasteiger partial charge >= 0.3 is 6.01 Å². The van der Waals surface area contributed by atoms with Crippen molar-refractivity contribution in [2.24, 2.45) is 0 Å². The summed E-state index contributed by atoms with van der Waals surface area (Å²) >= 11 is 1.85. The molecule has 0 amide bonds. The van der Waals surface area contributed by atoms with E-state index in [0.29, 0.717) is 6.01 Å². The SMILES string of the molecule is COc1nc(N2CCCCCC2)nc(N2CCC3(CC2)OCCc2ccsc23)n1. The van der Waals surface area contributed by atoms with Gasteiger partial charge in [-0.25, -0.2) is 0 Å². The summed E-state index contributed by atoms with van der Waals surface area (Å²) in [6.45, 7) is 4.59. The molecule has 5 rings (SSSR count). The molecule has 0 saturated carbocycles. The van der Waals surface area contributed by atoms with Gasteiger partial charge in [0.2, 0.25) is 11.9 Å². The van der Waals surface area contributed by atoms with E-state index in [1.165, 1.54) is 36.1 Å². The summed E-state index contributed by atoms with van der Waals surface area (Å²) < 4.78 is 11.8. The molecule has 156 valence electrons. The lowest BCUT2D eigenvalue weighted by atomic mass is 9.85. The van der Waals surface area contributed by atoms with Gasteiger partial charge in [-0.3, -0.25) is 0 Å². The van der Waals surface area contributed by atoms with E-state index in [-0.39, 0.29) is 5.60 Å². The quantitative estimate of drug-likeness (QED) is 0.761. The molecule has 1 spiro atoms. The van der Waals surface area contributed by atoms with Crippen molar-refractivity contribution in [3.63, 3.8) is 0 Å². The van der Waals surface area contributed by atoms with Crippen LogP contribution in [0.5, 0.6) is 6.01 Å². The molecule has 0 aromatic carbocycles. The van der Waals surface area contributed by atoms with Crippen LogP contribution in [-0.2, 0) is 16.8 Å². The van der Waals surface area contributed by atoms with Crippen LogP contribution in [0.4, 0.5) is 11.9 Å². The minimum absolute atomic E-state index is 0.122. The number of piperidine rings is 1. The summed E-state index contributed by atoms with van der Waals surface area (Å²) in [7, 11) is 1.63. The Morgan fingerprint density at radius 2 is 1.66 bits per heavy atom. The minimum atomic E-state index is -0.122. The first-order chi connectivity index (χ1) is 14.3. The number of methoxy groups -OCH3 is 1. The molecule has 3 aliphatic heterocycles. The first-order valence-electron chi connectivity index (χ1n) is 10.8. The van der Waals surface area contributed by atoms with E-state index < -0.39 is 0 Å². The first-order valence-corrected chi connectivity index (χ1v) is 11.7. The lowest BCUT2D eigenvalue weighted by Gasteiger charge is -2.43. The molecule has 2 aromatic heterocycles. The molecule has 0 aliphatic carbocycles. The highest BCUT2D eigenvalue weighted by Crippen LogP contribution is 2.44. The van der Waals surface area contributed by atoms with E-state index in [4.69, 9.17) is 14.5 Å². The number of hydrogen-bond donors (Lipinski definition) is 0. The summed E-state index contributed by atoms with van der Waals surface area (Å²) in [5.41, 5.74) is 1.35. The van der Waals surface area contributed by atoms with Crippen LogP contribution in [0.15, 0.2) is 11.4 Å². The molecule has 2 saturated heterocycles. The van der Waals surface area contributed by atoms with Crippen molar-refractivity contribution in [2.45, 2.75) is 50.5 Å². The summed E-state index contributed by atoms with van der Waals surface area (Å²) in [6.07, 6.45) is 7.91. The molecule has 29 heavy (non-hydrogen) atoms. The molecule has 0 unspecified atom stereocenters. The van der Waals surface area contributed by atoms with Crippen LogP contribution in [0, 0.1) is 0 Å². The Balaban J connectivity index is 1.36. The predicted molar refractivity (Wildman–Crippen MR) is 114 cm³/mol. The Hall–Kier alpha value is -1.93. The first kappa shape index (κ1) is 19.1. The zero-order chi connectivity index (χ0) is 19.7. The average molecular weight is 416 g/mol. The topological polar surface area (TPSA) is 63.6 Å². The Morgan fingerprint density at radius 3 is 2.34 bits per heavy atom. The van der Waals surface area contributed by atoms with Crippen molar-refractivity contribution in [3.8, 4) is 6.01 Å². The molecule has 0 radical (unpaired) electrons. The van der Waals surface area contributed by atoms with Gasteiger partial charge in [0, 0.05) is 31.1 Å². The highest BCUT2D eigenvalue weighted by atomic mass is 32.1. The number of anilines is 2. The largest absolute Gasteiger partial charge is 0.467 e. The molecule has 0 N–H and O–H groups in total. The standard InChI is InChI=1S/C21H29N5O2S/c1-27-20-23-18(25-10-4-2-3-5-11-25)22-19(24-20)26-12-8-21(9-13-26)17-16(6-14-28-21)7-15-29-17/h7,15H,2-6,8-14H2,1H3. The second-order valence-electron chi connectivity index (χ2n) is 8.18. The number of thiophene rings is 1. The molecule has 5 heterocycles. The van der Waals surface area contributed by atoms with Crippen molar-refractivity contribution in [3.05, 3.63) is 21.9 Å². The monoisotopic (exact) mass is 415 g/mol. The lowest BCUT2D eigenvalue weighted by Crippen LogP contribution is -2.46. The number of fused-ring (bicyclic) bond motifs is 2. The van der Waals surface area contributed by atoms with Gasteiger partial charge in [0.1, 0.15) is 5.60 Å². The fraction of sp³-hybridized carbons (Fsp3) is 0.667. The van der Waals surface area contributed by atoms with Gasteiger partial charge in [-0.05, 0) is 49.1 Å². The Bertz CT molecular complexity index is 841. The average Bonchev–Trinajstić information content (AvgIpc) is 3.09. The number of rotatable bonds is 3. The van der Waals surface area contributed by atoms with Crippen LogP contribution >= 0.6 is 11.3 Å². The van der Waals surface area contributed by atoms with E-state index in [0.717, 1.165) is 63.9 Å². The highest BCUT2D eigenvalue weighted by molar-refractivity contribution is 7.10. The van der Waals surface area contributed by atoms with Gasteiger partial charge in [0.25, 0.3) is 0 Å². The number of aromatic nitrogens is 3. The summed E-state index contributed by atoms with van der Waals surface area (Å²) in [6, 6.07) is 2.67. The van der Waals surface area contributed by atoms with E-state index in [2.05, 4.69) is 31.2 Å². The van der Waals surface area contributed by atoms with Crippen molar-refractivity contribution >= 4 is 23.2 Å². The fourth-order valence-electron chi connectivity index (χ4n) is 4.77. The Kier molecular flexibility index (Phi) is 5.30.